The Kier molecular flexibility index (Phi) is 3.67. The highest BCUT2D eigenvalue weighted by molar-refractivity contribution is 6.08. The molecule has 90 valence electrons. The van der Waals surface area contributed by atoms with Gasteiger partial charge in [-0.05, 0) is 20.8 Å². The Morgan fingerprint density at radius 3 is 2.25 bits per heavy atom. The lowest BCUT2D eigenvalue weighted by molar-refractivity contribution is -0.126. The van der Waals surface area contributed by atoms with Gasteiger partial charge in [0.1, 0.15) is 17.2 Å². The lowest BCUT2D eigenvalue weighted by atomic mass is 10.1. The van der Waals surface area contributed by atoms with Crippen molar-refractivity contribution in [2.45, 2.75) is 39.2 Å². The summed E-state index contributed by atoms with van der Waals surface area (Å²) in [5.41, 5.74) is -0.576. The molecule has 1 saturated carbocycles. The maximum Gasteiger partial charge on any atom is 0.407 e. The smallest absolute Gasteiger partial charge is 0.407 e. The lowest BCUT2D eigenvalue weighted by Crippen LogP contribution is -2.37. The van der Waals surface area contributed by atoms with Crippen LogP contribution in [-0.4, -0.2) is 29.8 Å². The number of ether oxygens (including phenoxy) is 1. The molecule has 0 aromatic rings. The Labute approximate surface area is 94.5 Å². The van der Waals surface area contributed by atoms with Crippen LogP contribution in [0.25, 0.3) is 0 Å². The van der Waals surface area contributed by atoms with E-state index in [4.69, 9.17) is 4.74 Å². The third kappa shape index (κ3) is 3.64. The van der Waals surface area contributed by atoms with Gasteiger partial charge in [-0.2, -0.15) is 0 Å². The van der Waals surface area contributed by atoms with Gasteiger partial charge < -0.3 is 10.1 Å². The highest BCUT2D eigenvalue weighted by Crippen LogP contribution is 2.16. The molecule has 0 spiro atoms. The molecule has 0 atom stereocenters. The zero-order valence-corrected chi connectivity index (χ0v) is 9.83. The summed E-state index contributed by atoms with van der Waals surface area (Å²) in [6.45, 7) is 5.29. The fraction of sp³-hybridized carbons (Fsp3) is 0.727. The average molecular weight is 227 g/mol. The Hall–Kier alpha value is -1.39. The number of nitrogens with one attached hydrogen (secondary N) is 1. The second-order valence-electron chi connectivity index (χ2n) is 4.87. The zero-order chi connectivity index (χ0) is 12.3. The molecule has 0 bridgehead atoms. The molecule has 0 saturated heterocycles. The van der Waals surface area contributed by atoms with E-state index in [9.17, 15) is 14.4 Å². The van der Waals surface area contributed by atoms with E-state index in [-0.39, 0.29) is 18.1 Å². The summed E-state index contributed by atoms with van der Waals surface area (Å²) in [4.78, 5) is 33.8. The average Bonchev–Trinajstić information content (AvgIpc) is 2.41. The van der Waals surface area contributed by atoms with Crippen molar-refractivity contribution in [3.05, 3.63) is 0 Å². The summed E-state index contributed by atoms with van der Waals surface area (Å²) in [5.74, 6) is -0.866. The number of alkyl carbamates (subject to hydrolysis) is 1. The van der Waals surface area contributed by atoms with E-state index in [0.29, 0.717) is 12.8 Å². The second kappa shape index (κ2) is 4.63. The molecule has 5 heteroatoms. The van der Waals surface area contributed by atoms with Crippen molar-refractivity contribution >= 4 is 17.7 Å². The summed E-state index contributed by atoms with van der Waals surface area (Å²) in [7, 11) is 0. The molecular weight excluding hydrogens is 210 g/mol. The highest BCUT2D eigenvalue weighted by atomic mass is 16.6. The van der Waals surface area contributed by atoms with Crippen LogP contribution in [0, 0.1) is 5.92 Å². The minimum Gasteiger partial charge on any atom is -0.444 e. The van der Waals surface area contributed by atoms with Crippen LogP contribution in [0.3, 0.4) is 0 Å². The second-order valence-corrected chi connectivity index (χ2v) is 4.87. The van der Waals surface area contributed by atoms with E-state index in [1.807, 2.05) is 0 Å². The zero-order valence-electron chi connectivity index (χ0n) is 9.83. The maximum absolute atomic E-state index is 11.3. The van der Waals surface area contributed by atoms with Crippen molar-refractivity contribution in [3.8, 4) is 0 Å². The van der Waals surface area contributed by atoms with Gasteiger partial charge in [-0.1, -0.05) is 0 Å². The van der Waals surface area contributed by atoms with Gasteiger partial charge >= 0.3 is 6.09 Å². The summed E-state index contributed by atoms with van der Waals surface area (Å²) in [6, 6.07) is 0. The first-order valence-corrected chi connectivity index (χ1v) is 5.32. The van der Waals surface area contributed by atoms with Gasteiger partial charge in [-0.25, -0.2) is 4.79 Å². The molecule has 1 fully saturated rings. The van der Waals surface area contributed by atoms with E-state index in [1.54, 1.807) is 20.8 Å². The molecule has 1 amide bonds. The molecule has 5 nitrogen and oxygen atoms in total. The van der Waals surface area contributed by atoms with Gasteiger partial charge in [0, 0.05) is 19.4 Å². The Bertz CT molecular complexity index is 300. The monoisotopic (exact) mass is 227 g/mol. The van der Waals surface area contributed by atoms with E-state index in [0.717, 1.165) is 0 Å². The van der Waals surface area contributed by atoms with E-state index >= 15 is 0 Å². The number of hydrogen-bond acceptors (Lipinski definition) is 4. The predicted molar refractivity (Wildman–Crippen MR) is 57.0 cm³/mol. The number of Topliss-reactive ketones (excluding diaryl/α,β-unsaturated/α-hetero) is 2. The predicted octanol–water partition coefficient (Wildman–Crippen LogP) is 1.06. The van der Waals surface area contributed by atoms with Gasteiger partial charge in [-0.15, -0.1) is 0 Å². The molecule has 0 aromatic carbocycles. The maximum atomic E-state index is 11.3. The minimum absolute atomic E-state index is 0.0482. The summed E-state index contributed by atoms with van der Waals surface area (Å²) in [5, 5.41) is 2.44. The molecule has 16 heavy (non-hydrogen) atoms. The first-order chi connectivity index (χ1) is 7.29. The van der Waals surface area contributed by atoms with Crippen LogP contribution in [0.4, 0.5) is 4.79 Å². The molecule has 1 aliphatic rings. The quantitative estimate of drug-likeness (QED) is 0.716. The van der Waals surface area contributed by atoms with Gasteiger partial charge in [0.05, 0.1) is 5.92 Å². The fourth-order valence-electron chi connectivity index (χ4n) is 1.50. The number of ketones is 2. The number of rotatable bonds is 2. The third-order valence-electron chi connectivity index (χ3n) is 2.24. The topological polar surface area (TPSA) is 72.5 Å². The van der Waals surface area contributed by atoms with Crippen molar-refractivity contribution in [1.82, 2.24) is 5.32 Å². The van der Waals surface area contributed by atoms with Crippen molar-refractivity contribution in [2.24, 2.45) is 5.92 Å². The first kappa shape index (κ1) is 12.7. The molecule has 0 aliphatic heterocycles. The van der Waals surface area contributed by atoms with E-state index < -0.39 is 17.6 Å². The number of hydrogen-bond donors (Lipinski definition) is 1. The third-order valence-corrected chi connectivity index (χ3v) is 2.24. The Morgan fingerprint density at radius 2 is 1.81 bits per heavy atom. The van der Waals surface area contributed by atoms with E-state index in [1.165, 1.54) is 0 Å². The fourth-order valence-corrected chi connectivity index (χ4v) is 1.50. The minimum atomic E-state index is -0.674. The van der Waals surface area contributed by atoms with Crippen LogP contribution in [0.15, 0.2) is 0 Å². The van der Waals surface area contributed by atoms with Crippen molar-refractivity contribution < 1.29 is 19.1 Å². The van der Waals surface area contributed by atoms with Gasteiger partial charge in [-0.3, -0.25) is 9.59 Å². The SMILES string of the molecule is CC(C)(C)OC(=O)NCC1C(=O)CCC1=O. The lowest BCUT2D eigenvalue weighted by Gasteiger charge is -2.20. The number of carbonyl (C=O) groups excluding carboxylic acids is 3. The summed E-state index contributed by atoms with van der Waals surface area (Å²) >= 11 is 0. The van der Waals surface area contributed by atoms with Crippen LogP contribution in [0.5, 0.6) is 0 Å². The van der Waals surface area contributed by atoms with Crippen molar-refractivity contribution in [1.29, 1.82) is 0 Å². The number of amides is 1. The molecule has 0 heterocycles. The van der Waals surface area contributed by atoms with Crippen molar-refractivity contribution in [3.63, 3.8) is 0 Å². The van der Waals surface area contributed by atoms with Crippen LogP contribution in [0.1, 0.15) is 33.6 Å². The molecular formula is C11H17NO4. The largest absolute Gasteiger partial charge is 0.444 e. The molecule has 1 aliphatic carbocycles. The first-order valence-electron chi connectivity index (χ1n) is 5.32. The molecule has 1 N–H and O–H groups in total. The molecule has 1 rings (SSSR count). The summed E-state index contributed by atoms with van der Waals surface area (Å²) < 4.78 is 5.00. The molecule has 0 radical (unpaired) electrons. The van der Waals surface area contributed by atoms with Crippen LogP contribution >= 0.6 is 0 Å². The van der Waals surface area contributed by atoms with Crippen LogP contribution in [0.2, 0.25) is 0 Å². The van der Waals surface area contributed by atoms with Gasteiger partial charge in [0.15, 0.2) is 0 Å². The molecule has 0 unspecified atom stereocenters. The Balaban J connectivity index is 2.37. The molecule has 0 aromatic heterocycles. The van der Waals surface area contributed by atoms with Gasteiger partial charge in [0.25, 0.3) is 0 Å². The standard InChI is InChI=1S/C11H17NO4/c1-11(2,3)16-10(15)12-6-7-8(13)4-5-9(7)14/h7H,4-6H2,1-3H3,(H,12,15). The van der Waals surface area contributed by atoms with Crippen LogP contribution < -0.4 is 5.32 Å². The number of carbonyl (C=O) groups is 3. The van der Waals surface area contributed by atoms with Gasteiger partial charge in [0.2, 0.25) is 0 Å². The van der Waals surface area contributed by atoms with Crippen LogP contribution in [-0.2, 0) is 14.3 Å². The normalized spacial score (nSPS) is 17.7. The highest BCUT2D eigenvalue weighted by Gasteiger charge is 2.33. The summed E-state index contributed by atoms with van der Waals surface area (Å²) in [6.07, 6.45) is -0.0149. The Morgan fingerprint density at radius 1 is 1.31 bits per heavy atom. The van der Waals surface area contributed by atoms with Crippen molar-refractivity contribution in [2.75, 3.05) is 6.54 Å². The van der Waals surface area contributed by atoms with E-state index in [2.05, 4.69) is 5.32 Å².